The van der Waals surface area contributed by atoms with Crippen LogP contribution in [0.5, 0.6) is 5.75 Å². The third-order valence-corrected chi connectivity index (χ3v) is 11.4. The molecule has 3 aliphatic heterocycles. The summed E-state index contributed by atoms with van der Waals surface area (Å²) in [5.74, 6) is 1.65. The van der Waals surface area contributed by atoms with Crippen LogP contribution in [0.15, 0.2) is 24.3 Å². The van der Waals surface area contributed by atoms with Crippen molar-refractivity contribution in [3.63, 3.8) is 0 Å². The van der Waals surface area contributed by atoms with E-state index in [1.165, 1.54) is 7.11 Å². The normalized spacial score (nSPS) is 27.9. The highest BCUT2D eigenvalue weighted by molar-refractivity contribution is 7.54. The van der Waals surface area contributed by atoms with Crippen molar-refractivity contribution in [2.45, 2.75) is 57.0 Å². The van der Waals surface area contributed by atoms with Gasteiger partial charge in [0.05, 0.1) is 7.11 Å². The van der Waals surface area contributed by atoms with Crippen LogP contribution in [0.2, 0.25) is 5.02 Å². The molecular formula is C26H39Cl3N3O4P. The lowest BCUT2D eigenvalue weighted by atomic mass is 9.70. The zero-order valence-corrected chi connectivity index (χ0v) is 24.7. The van der Waals surface area contributed by atoms with Gasteiger partial charge in [0.25, 0.3) is 0 Å². The molecule has 208 valence electrons. The molecule has 3 fully saturated rings. The minimum absolute atomic E-state index is 0.00461. The molecule has 0 aliphatic carbocycles. The van der Waals surface area contributed by atoms with Crippen LogP contribution in [0, 0.1) is 11.8 Å². The summed E-state index contributed by atoms with van der Waals surface area (Å²) in [7, 11) is -2.19. The van der Waals surface area contributed by atoms with Gasteiger partial charge < -0.3 is 9.26 Å². The second-order valence-electron chi connectivity index (χ2n) is 10.3. The number of carbonyl (C=O) groups is 1. The van der Waals surface area contributed by atoms with Gasteiger partial charge in [0, 0.05) is 54.9 Å². The largest absolute Gasteiger partial charge is 0.469 e. The molecule has 0 aromatic heterocycles. The van der Waals surface area contributed by atoms with Crippen molar-refractivity contribution in [3.8, 4) is 5.75 Å². The predicted molar refractivity (Wildman–Crippen MR) is 150 cm³/mol. The Labute approximate surface area is 236 Å². The van der Waals surface area contributed by atoms with Crippen LogP contribution in [0.3, 0.4) is 0 Å². The van der Waals surface area contributed by atoms with Gasteiger partial charge in [-0.05, 0) is 81.6 Å². The molecule has 0 bridgehead atoms. The molecule has 7 nitrogen and oxygen atoms in total. The molecule has 0 spiro atoms. The zero-order chi connectivity index (χ0) is 26.4. The van der Waals surface area contributed by atoms with Gasteiger partial charge in [-0.3, -0.25) is 9.69 Å². The summed E-state index contributed by atoms with van der Waals surface area (Å²) < 4.78 is 30.7. The van der Waals surface area contributed by atoms with Gasteiger partial charge in [-0.25, -0.2) is 13.9 Å². The molecule has 0 amide bonds. The van der Waals surface area contributed by atoms with Crippen molar-refractivity contribution in [2.75, 3.05) is 51.6 Å². The van der Waals surface area contributed by atoms with Crippen molar-refractivity contribution >= 4 is 48.4 Å². The number of ether oxygens (including phenoxy) is 1. The van der Waals surface area contributed by atoms with Gasteiger partial charge in [-0.2, -0.15) is 0 Å². The van der Waals surface area contributed by atoms with E-state index in [9.17, 15) is 4.79 Å². The lowest BCUT2D eigenvalue weighted by Gasteiger charge is -2.58. The van der Waals surface area contributed by atoms with Gasteiger partial charge in [-0.15, -0.1) is 23.2 Å². The van der Waals surface area contributed by atoms with Crippen LogP contribution in [0.1, 0.15) is 44.9 Å². The van der Waals surface area contributed by atoms with Crippen molar-refractivity contribution < 1.29 is 18.6 Å². The Kier molecular flexibility index (Phi) is 10.9. The average Bonchev–Trinajstić information content (AvgIpc) is 2.89. The number of carbonyl (C=O) groups excluding carboxylic acids is 1. The Bertz CT molecular complexity index is 949. The molecule has 0 radical (unpaired) electrons. The monoisotopic (exact) mass is 593 g/mol. The van der Waals surface area contributed by atoms with Crippen molar-refractivity contribution in [1.29, 1.82) is 0 Å². The SMILES string of the molecule is COC(=O)CCC[C@@H]1[C@H]2CCCN3CCC[C@@H](CN1P(=O)(Oc1cccc(Cl)c1)N(CCCl)CCCl)[C@@H]23. The van der Waals surface area contributed by atoms with Gasteiger partial charge in [0.15, 0.2) is 0 Å². The number of benzene rings is 1. The van der Waals surface area contributed by atoms with E-state index in [-0.39, 0.29) is 12.0 Å². The number of methoxy groups -OCH3 is 1. The number of rotatable bonds is 12. The summed E-state index contributed by atoms with van der Waals surface area (Å²) in [6, 6.07) is 7.56. The Hall–Kier alpha value is -0.530. The van der Waals surface area contributed by atoms with Crippen LogP contribution >= 0.6 is 42.5 Å². The average molecular weight is 595 g/mol. The molecule has 11 heteroatoms. The minimum Gasteiger partial charge on any atom is -0.469 e. The lowest BCUT2D eigenvalue weighted by Crippen LogP contribution is -2.64. The fourth-order valence-electron chi connectivity index (χ4n) is 6.68. The topological polar surface area (TPSA) is 62.3 Å². The minimum atomic E-state index is -3.61. The van der Waals surface area contributed by atoms with Gasteiger partial charge >= 0.3 is 13.6 Å². The van der Waals surface area contributed by atoms with E-state index in [0.717, 1.165) is 45.2 Å². The number of alkyl halides is 2. The first kappa shape index (κ1) is 29.5. The Morgan fingerprint density at radius 3 is 2.57 bits per heavy atom. The first-order valence-electron chi connectivity index (χ1n) is 13.4. The molecule has 5 atom stereocenters. The van der Waals surface area contributed by atoms with Crippen LogP contribution in [0.25, 0.3) is 0 Å². The molecular weight excluding hydrogens is 556 g/mol. The molecule has 3 saturated heterocycles. The first-order chi connectivity index (χ1) is 17.9. The molecule has 3 aliphatic rings. The summed E-state index contributed by atoms with van der Waals surface area (Å²) in [5, 5.41) is 0.522. The van der Waals surface area contributed by atoms with Crippen LogP contribution in [-0.4, -0.2) is 83.9 Å². The van der Waals surface area contributed by atoms with Crippen LogP contribution in [0.4, 0.5) is 0 Å². The molecule has 4 rings (SSSR count). The molecule has 3 heterocycles. The second-order valence-corrected chi connectivity index (χ2v) is 13.7. The highest BCUT2D eigenvalue weighted by Crippen LogP contribution is 2.60. The maximum atomic E-state index is 15.3. The van der Waals surface area contributed by atoms with E-state index in [1.54, 1.807) is 24.3 Å². The Morgan fingerprint density at radius 2 is 1.89 bits per heavy atom. The summed E-state index contributed by atoms with van der Waals surface area (Å²) >= 11 is 18.7. The van der Waals surface area contributed by atoms with Crippen molar-refractivity contribution in [1.82, 2.24) is 14.2 Å². The van der Waals surface area contributed by atoms with Crippen molar-refractivity contribution in [3.05, 3.63) is 29.3 Å². The number of piperidine rings is 3. The fourth-order valence-corrected chi connectivity index (χ4v) is 10.2. The Balaban J connectivity index is 1.73. The predicted octanol–water partition coefficient (Wildman–Crippen LogP) is 6.12. The van der Waals surface area contributed by atoms with Gasteiger partial charge in [0.2, 0.25) is 0 Å². The number of esters is 1. The maximum Gasteiger partial charge on any atom is 0.396 e. The van der Waals surface area contributed by atoms with E-state index < -0.39 is 7.67 Å². The number of nitrogens with zero attached hydrogens (tertiary/aromatic N) is 3. The summed E-state index contributed by atoms with van der Waals surface area (Å²) in [6.45, 7) is 3.73. The van der Waals surface area contributed by atoms with E-state index in [2.05, 4.69) is 9.57 Å². The van der Waals surface area contributed by atoms with Gasteiger partial charge in [-0.1, -0.05) is 17.7 Å². The standard InChI is InChI=1S/C26H39Cl3N3O4P/c1-35-25(33)11-3-10-24-23-9-5-15-30-14-4-6-20(26(23)30)19-32(24)37(34,31(16-12-27)17-13-28)36-22-8-2-7-21(29)18-22/h2,7-8,18,20,23-24,26H,3-6,9-17,19H2,1H3/t20-,23+,24+,26-,37?/m0/s1. The van der Waals surface area contributed by atoms with E-state index in [1.807, 2.05) is 4.67 Å². The summed E-state index contributed by atoms with van der Waals surface area (Å²) in [6.07, 6.45) is 6.24. The maximum absolute atomic E-state index is 15.3. The van der Waals surface area contributed by atoms with E-state index in [0.29, 0.717) is 72.9 Å². The number of halogens is 3. The van der Waals surface area contributed by atoms with Crippen LogP contribution < -0.4 is 4.52 Å². The first-order valence-corrected chi connectivity index (χ1v) is 16.4. The molecule has 1 aromatic rings. The summed E-state index contributed by atoms with van der Waals surface area (Å²) in [4.78, 5) is 14.6. The van der Waals surface area contributed by atoms with Crippen molar-refractivity contribution in [2.24, 2.45) is 11.8 Å². The quantitative estimate of drug-likeness (QED) is 0.164. The molecule has 0 saturated carbocycles. The Morgan fingerprint density at radius 1 is 1.16 bits per heavy atom. The van der Waals surface area contributed by atoms with E-state index >= 15 is 4.57 Å². The molecule has 1 unspecified atom stereocenters. The smallest absolute Gasteiger partial charge is 0.396 e. The third kappa shape index (κ3) is 6.80. The number of hydrogen-bond acceptors (Lipinski definition) is 5. The van der Waals surface area contributed by atoms with E-state index in [4.69, 9.17) is 44.1 Å². The fraction of sp³-hybridized carbons (Fsp3) is 0.731. The molecule has 1 aromatic carbocycles. The van der Waals surface area contributed by atoms with Gasteiger partial charge in [0.1, 0.15) is 5.75 Å². The molecule has 0 N–H and O–H groups in total. The second kappa shape index (κ2) is 13.7. The summed E-state index contributed by atoms with van der Waals surface area (Å²) in [5.41, 5.74) is 0. The highest BCUT2D eigenvalue weighted by Gasteiger charge is 2.55. The highest BCUT2D eigenvalue weighted by atomic mass is 35.5. The zero-order valence-electron chi connectivity index (χ0n) is 21.6. The molecule has 37 heavy (non-hydrogen) atoms. The van der Waals surface area contributed by atoms with Crippen LogP contribution in [-0.2, 0) is 14.1 Å². The number of hydrogen-bond donors (Lipinski definition) is 0. The third-order valence-electron chi connectivity index (χ3n) is 8.14. The lowest BCUT2D eigenvalue weighted by molar-refractivity contribution is -0.140.